The van der Waals surface area contributed by atoms with Crippen LogP contribution in [0.3, 0.4) is 0 Å². The summed E-state index contributed by atoms with van der Waals surface area (Å²) in [4.78, 5) is 40.0. The maximum absolute atomic E-state index is 13.2. The van der Waals surface area contributed by atoms with Gasteiger partial charge in [0.25, 0.3) is 5.91 Å². The second-order valence-electron chi connectivity index (χ2n) is 8.73. The predicted octanol–water partition coefficient (Wildman–Crippen LogP) is 4.65. The van der Waals surface area contributed by atoms with E-state index in [1.165, 1.54) is 12.1 Å². The van der Waals surface area contributed by atoms with Crippen molar-refractivity contribution >= 4 is 17.7 Å². The lowest BCUT2D eigenvalue weighted by molar-refractivity contribution is -0.130. The fourth-order valence-electron chi connectivity index (χ4n) is 4.37. The third kappa shape index (κ3) is 4.41. The van der Waals surface area contributed by atoms with Crippen molar-refractivity contribution in [3.63, 3.8) is 0 Å². The minimum atomic E-state index is -2.92. The number of ether oxygens (including phenoxy) is 1. The Morgan fingerprint density at radius 3 is 2.26 bits per heavy atom. The molecule has 1 atom stereocenters. The molecule has 0 radical (unpaired) electrons. The summed E-state index contributed by atoms with van der Waals surface area (Å²) in [6, 6.07) is 14.4. The molecular formula is C26H25F2N3O4. The van der Waals surface area contributed by atoms with Gasteiger partial charge in [0.15, 0.2) is 5.78 Å². The lowest BCUT2D eigenvalue weighted by Crippen LogP contribution is -2.41. The van der Waals surface area contributed by atoms with Crippen molar-refractivity contribution in [1.82, 2.24) is 14.8 Å². The Morgan fingerprint density at radius 1 is 1.03 bits per heavy atom. The molecule has 7 nitrogen and oxygen atoms in total. The summed E-state index contributed by atoms with van der Waals surface area (Å²) in [5, 5.41) is 2.71. The number of alkyl halides is 2. The van der Waals surface area contributed by atoms with Crippen LogP contribution in [-0.2, 0) is 10.3 Å². The number of rotatable bonds is 7. The molecule has 0 saturated carbocycles. The second-order valence-corrected chi connectivity index (χ2v) is 8.73. The lowest BCUT2D eigenvalue weighted by atomic mass is 9.91. The number of nitrogens with one attached hydrogen (secondary N) is 1. The van der Waals surface area contributed by atoms with E-state index in [0.717, 1.165) is 16.2 Å². The highest BCUT2D eigenvalue weighted by atomic mass is 19.3. The van der Waals surface area contributed by atoms with Crippen molar-refractivity contribution in [1.29, 1.82) is 0 Å². The molecule has 2 heterocycles. The predicted molar refractivity (Wildman–Crippen MR) is 125 cm³/mol. The number of carbonyl (C=O) groups excluding carboxylic acids is 3. The van der Waals surface area contributed by atoms with Gasteiger partial charge in [-0.05, 0) is 63.6 Å². The van der Waals surface area contributed by atoms with Crippen LogP contribution in [0.1, 0.15) is 39.8 Å². The third-order valence-electron chi connectivity index (χ3n) is 6.26. The van der Waals surface area contributed by atoms with E-state index in [1.807, 2.05) is 19.1 Å². The van der Waals surface area contributed by atoms with E-state index in [-0.39, 0.29) is 5.75 Å². The van der Waals surface area contributed by atoms with Crippen LogP contribution in [0.5, 0.6) is 5.75 Å². The summed E-state index contributed by atoms with van der Waals surface area (Å²) in [6.45, 7) is 3.77. The Balaban J connectivity index is 1.56. The molecule has 1 aromatic heterocycles. The van der Waals surface area contributed by atoms with E-state index in [0.29, 0.717) is 22.5 Å². The summed E-state index contributed by atoms with van der Waals surface area (Å²) >= 11 is 0. The molecule has 1 aliphatic rings. The van der Waals surface area contributed by atoms with E-state index in [9.17, 15) is 23.2 Å². The van der Waals surface area contributed by atoms with Crippen LogP contribution in [0.25, 0.3) is 5.69 Å². The number of nitrogens with zero attached hydrogens (tertiary/aromatic N) is 2. The standard InChI is InChI=1S/C26H25F2N3O4/c1-15-5-7-18(8-6-15)26(4)23(33)30(25(34)29-26)14-22(32)21-13-16(2)31(17(21)3)19-9-11-20(12-10-19)35-24(27)28/h5-13,24H,14H2,1-4H3,(H,29,34). The quantitative estimate of drug-likeness (QED) is 0.393. The average molecular weight is 481 g/mol. The topological polar surface area (TPSA) is 80.6 Å². The number of urea groups is 1. The van der Waals surface area contributed by atoms with Gasteiger partial charge in [0, 0.05) is 22.6 Å². The van der Waals surface area contributed by atoms with Crippen LogP contribution in [0.2, 0.25) is 0 Å². The van der Waals surface area contributed by atoms with Gasteiger partial charge in [0.05, 0.1) is 6.54 Å². The van der Waals surface area contributed by atoms with E-state index < -0.39 is 36.4 Å². The normalized spacial score (nSPS) is 17.7. The van der Waals surface area contributed by atoms with E-state index in [1.54, 1.807) is 55.7 Å². The molecule has 1 aliphatic heterocycles. The molecule has 0 bridgehead atoms. The number of Topliss-reactive ketones (excluding diaryl/α,β-unsaturated/α-hetero) is 1. The highest BCUT2D eigenvalue weighted by Gasteiger charge is 2.49. The van der Waals surface area contributed by atoms with Crippen LogP contribution in [0, 0.1) is 20.8 Å². The largest absolute Gasteiger partial charge is 0.435 e. The summed E-state index contributed by atoms with van der Waals surface area (Å²) in [5.41, 5.74) is 2.74. The Morgan fingerprint density at radius 2 is 1.66 bits per heavy atom. The van der Waals surface area contributed by atoms with Gasteiger partial charge in [0.2, 0.25) is 0 Å². The fraction of sp³-hybridized carbons (Fsp3) is 0.269. The molecule has 182 valence electrons. The Kier molecular flexibility index (Phi) is 6.19. The van der Waals surface area contributed by atoms with Crippen molar-refractivity contribution in [3.8, 4) is 11.4 Å². The number of aryl methyl sites for hydroxylation is 2. The number of carbonyl (C=O) groups is 3. The van der Waals surface area contributed by atoms with Crippen molar-refractivity contribution in [2.75, 3.05) is 6.54 Å². The SMILES string of the molecule is Cc1ccc(C2(C)NC(=O)N(CC(=O)c3cc(C)n(-c4ccc(OC(F)F)cc4)c3C)C2=O)cc1. The molecule has 35 heavy (non-hydrogen) atoms. The van der Waals surface area contributed by atoms with Crippen molar-refractivity contribution in [2.24, 2.45) is 0 Å². The molecule has 0 aliphatic carbocycles. The number of halogens is 2. The summed E-state index contributed by atoms with van der Waals surface area (Å²) in [6.07, 6.45) is 0. The average Bonchev–Trinajstić information content (AvgIpc) is 3.22. The molecule has 1 saturated heterocycles. The van der Waals surface area contributed by atoms with Crippen LogP contribution in [-0.4, -0.2) is 40.3 Å². The van der Waals surface area contributed by atoms with Gasteiger partial charge >= 0.3 is 12.6 Å². The molecule has 4 rings (SSSR count). The van der Waals surface area contributed by atoms with Gasteiger partial charge in [-0.1, -0.05) is 29.8 Å². The number of imide groups is 1. The first-order chi connectivity index (χ1) is 16.5. The fourth-order valence-corrected chi connectivity index (χ4v) is 4.37. The van der Waals surface area contributed by atoms with E-state index in [4.69, 9.17) is 0 Å². The Labute approximate surface area is 201 Å². The first kappa shape index (κ1) is 24.1. The summed E-state index contributed by atoms with van der Waals surface area (Å²) in [7, 11) is 0. The summed E-state index contributed by atoms with van der Waals surface area (Å²) < 4.78 is 31.0. The number of hydrogen-bond donors (Lipinski definition) is 1. The van der Waals surface area contributed by atoms with Gasteiger partial charge in [-0.15, -0.1) is 0 Å². The van der Waals surface area contributed by atoms with E-state index >= 15 is 0 Å². The van der Waals surface area contributed by atoms with Crippen molar-refractivity contribution in [3.05, 3.63) is 82.7 Å². The molecule has 3 aromatic rings. The maximum atomic E-state index is 13.2. The number of amides is 3. The van der Waals surface area contributed by atoms with E-state index in [2.05, 4.69) is 10.1 Å². The second kappa shape index (κ2) is 8.98. The lowest BCUT2D eigenvalue weighted by Gasteiger charge is -2.22. The zero-order chi connectivity index (χ0) is 25.5. The van der Waals surface area contributed by atoms with Crippen LogP contribution in [0.15, 0.2) is 54.6 Å². The van der Waals surface area contributed by atoms with Crippen LogP contribution in [0.4, 0.5) is 13.6 Å². The molecule has 2 aromatic carbocycles. The molecule has 1 N–H and O–H groups in total. The van der Waals surface area contributed by atoms with Gasteiger partial charge in [-0.2, -0.15) is 8.78 Å². The zero-order valence-corrected chi connectivity index (χ0v) is 19.8. The highest BCUT2D eigenvalue weighted by Crippen LogP contribution is 2.30. The minimum Gasteiger partial charge on any atom is -0.435 e. The smallest absolute Gasteiger partial charge is 0.387 e. The Bertz CT molecular complexity index is 1300. The maximum Gasteiger partial charge on any atom is 0.387 e. The molecule has 9 heteroatoms. The van der Waals surface area contributed by atoms with Crippen molar-refractivity contribution in [2.45, 2.75) is 39.8 Å². The van der Waals surface area contributed by atoms with Gasteiger partial charge in [-0.25, -0.2) is 4.79 Å². The van der Waals surface area contributed by atoms with Crippen LogP contribution < -0.4 is 10.1 Å². The molecule has 1 fully saturated rings. The molecular weight excluding hydrogens is 456 g/mol. The number of aromatic nitrogens is 1. The number of hydrogen-bond acceptors (Lipinski definition) is 4. The molecule has 1 unspecified atom stereocenters. The van der Waals surface area contributed by atoms with Gasteiger partial charge in [-0.3, -0.25) is 14.5 Å². The monoisotopic (exact) mass is 481 g/mol. The minimum absolute atomic E-state index is 0.0256. The summed E-state index contributed by atoms with van der Waals surface area (Å²) in [5.74, 6) is -0.862. The first-order valence-corrected chi connectivity index (χ1v) is 11.0. The third-order valence-corrected chi connectivity index (χ3v) is 6.26. The van der Waals surface area contributed by atoms with Gasteiger partial charge in [0.1, 0.15) is 11.3 Å². The van der Waals surface area contributed by atoms with Gasteiger partial charge < -0.3 is 14.6 Å². The molecule has 3 amide bonds. The number of ketones is 1. The Hall–Kier alpha value is -4.01. The van der Waals surface area contributed by atoms with Crippen molar-refractivity contribution < 1.29 is 27.9 Å². The highest BCUT2D eigenvalue weighted by molar-refractivity contribution is 6.11. The zero-order valence-electron chi connectivity index (χ0n) is 19.8. The number of benzene rings is 2. The van der Waals surface area contributed by atoms with Crippen LogP contribution >= 0.6 is 0 Å². The first-order valence-electron chi connectivity index (χ1n) is 11.0. The molecule has 0 spiro atoms.